The van der Waals surface area contributed by atoms with Crippen molar-refractivity contribution in [1.82, 2.24) is 0 Å². The Bertz CT molecular complexity index is 238. The number of carboxylic acids is 1. The summed E-state index contributed by atoms with van der Waals surface area (Å²) in [6, 6.07) is 0. The molecular formula is C12H23NO3. The summed E-state index contributed by atoms with van der Waals surface area (Å²) in [5, 5.41) is 9.31. The Hall–Kier alpha value is -0.610. The van der Waals surface area contributed by atoms with E-state index >= 15 is 0 Å². The summed E-state index contributed by atoms with van der Waals surface area (Å²) in [5.74, 6) is -0.0127. The van der Waals surface area contributed by atoms with Gasteiger partial charge in [0.2, 0.25) is 0 Å². The van der Waals surface area contributed by atoms with Gasteiger partial charge in [-0.15, -0.1) is 0 Å². The van der Waals surface area contributed by atoms with E-state index in [4.69, 9.17) is 10.5 Å². The molecule has 1 fully saturated rings. The van der Waals surface area contributed by atoms with Crippen LogP contribution in [0.4, 0.5) is 0 Å². The van der Waals surface area contributed by atoms with Crippen LogP contribution in [-0.2, 0) is 9.53 Å². The molecule has 3 N–H and O–H groups in total. The zero-order valence-electron chi connectivity index (χ0n) is 10.2. The molecule has 1 atom stereocenters. The molecule has 0 aliphatic heterocycles. The number of aliphatic carboxylic acids is 1. The second-order valence-corrected chi connectivity index (χ2v) is 5.16. The lowest BCUT2D eigenvalue weighted by Gasteiger charge is -2.27. The predicted octanol–water partition coefficient (Wildman–Crippen LogP) is 1.49. The SMILES string of the molecule is CC(C)COCCC(CN)(C(=O)O)C1CC1. The van der Waals surface area contributed by atoms with E-state index in [1.54, 1.807) is 0 Å². The van der Waals surface area contributed by atoms with Crippen molar-refractivity contribution in [3.05, 3.63) is 0 Å². The molecule has 1 aliphatic rings. The highest BCUT2D eigenvalue weighted by Gasteiger charge is 2.49. The molecule has 94 valence electrons. The second kappa shape index (κ2) is 5.64. The average Bonchev–Trinajstić information content (AvgIpc) is 3.01. The molecule has 16 heavy (non-hydrogen) atoms. The van der Waals surface area contributed by atoms with Gasteiger partial charge in [0.15, 0.2) is 0 Å². The van der Waals surface area contributed by atoms with E-state index < -0.39 is 11.4 Å². The van der Waals surface area contributed by atoms with Crippen molar-refractivity contribution in [2.75, 3.05) is 19.8 Å². The van der Waals surface area contributed by atoms with Crippen LogP contribution >= 0.6 is 0 Å². The smallest absolute Gasteiger partial charge is 0.311 e. The van der Waals surface area contributed by atoms with Gasteiger partial charge in [0.25, 0.3) is 0 Å². The first kappa shape index (κ1) is 13.5. The summed E-state index contributed by atoms with van der Waals surface area (Å²) < 4.78 is 5.46. The van der Waals surface area contributed by atoms with Crippen LogP contribution in [0.15, 0.2) is 0 Å². The summed E-state index contributed by atoms with van der Waals surface area (Å²) in [6.07, 6.45) is 2.53. The number of ether oxygens (including phenoxy) is 1. The highest BCUT2D eigenvalue weighted by Crippen LogP contribution is 2.47. The molecule has 1 rings (SSSR count). The van der Waals surface area contributed by atoms with Gasteiger partial charge in [-0.2, -0.15) is 0 Å². The number of hydrogen-bond acceptors (Lipinski definition) is 3. The minimum Gasteiger partial charge on any atom is -0.481 e. The third-order valence-electron chi connectivity index (χ3n) is 3.29. The number of carboxylic acid groups (broad SMARTS) is 1. The fraction of sp³-hybridized carbons (Fsp3) is 0.917. The number of rotatable bonds is 8. The van der Waals surface area contributed by atoms with Crippen LogP contribution in [-0.4, -0.2) is 30.8 Å². The largest absolute Gasteiger partial charge is 0.481 e. The van der Waals surface area contributed by atoms with Crippen LogP contribution in [0.25, 0.3) is 0 Å². The molecule has 0 aromatic heterocycles. The molecule has 0 spiro atoms. The van der Waals surface area contributed by atoms with Crippen LogP contribution < -0.4 is 5.73 Å². The lowest BCUT2D eigenvalue weighted by atomic mass is 9.80. The Morgan fingerprint density at radius 1 is 1.56 bits per heavy atom. The van der Waals surface area contributed by atoms with Crippen LogP contribution in [0.5, 0.6) is 0 Å². The van der Waals surface area contributed by atoms with Gasteiger partial charge in [-0.1, -0.05) is 13.8 Å². The predicted molar refractivity (Wildman–Crippen MR) is 62.1 cm³/mol. The molecule has 1 saturated carbocycles. The van der Waals surface area contributed by atoms with Crippen molar-refractivity contribution in [3.63, 3.8) is 0 Å². The maximum atomic E-state index is 11.3. The summed E-state index contributed by atoms with van der Waals surface area (Å²) in [5.41, 5.74) is 4.92. The van der Waals surface area contributed by atoms with Crippen molar-refractivity contribution in [1.29, 1.82) is 0 Å². The molecule has 0 saturated heterocycles. The van der Waals surface area contributed by atoms with E-state index in [1.165, 1.54) is 0 Å². The standard InChI is InChI=1S/C12H23NO3/c1-9(2)7-16-6-5-12(8-13,11(14)15)10-3-4-10/h9-10H,3-8,13H2,1-2H3,(H,14,15). The third-order valence-corrected chi connectivity index (χ3v) is 3.29. The minimum absolute atomic E-state index is 0.220. The Morgan fingerprint density at radius 2 is 2.19 bits per heavy atom. The van der Waals surface area contributed by atoms with Gasteiger partial charge in [-0.25, -0.2) is 0 Å². The topological polar surface area (TPSA) is 72.5 Å². The van der Waals surface area contributed by atoms with Crippen LogP contribution in [0.3, 0.4) is 0 Å². The van der Waals surface area contributed by atoms with Gasteiger partial charge in [0.05, 0.1) is 5.41 Å². The number of nitrogens with two attached hydrogens (primary N) is 1. The van der Waals surface area contributed by atoms with Crippen LogP contribution in [0, 0.1) is 17.3 Å². The van der Waals surface area contributed by atoms with Gasteiger partial charge in [0, 0.05) is 19.8 Å². The average molecular weight is 229 g/mol. The lowest BCUT2D eigenvalue weighted by Crippen LogP contribution is -2.41. The molecule has 0 radical (unpaired) electrons. The molecule has 1 aliphatic carbocycles. The first-order valence-electron chi connectivity index (χ1n) is 6.04. The third kappa shape index (κ3) is 3.19. The van der Waals surface area contributed by atoms with Crippen molar-refractivity contribution in [2.45, 2.75) is 33.1 Å². The second-order valence-electron chi connectivity index (χ2n) is 5.16. The van der Waals surface area contributed by atoms with Crippen LogP contribution in [0.1, 0.15) is 33.1 Å². The Kier molecular flexibility index (Phi) is 4.74. The van der Waals surface area contributed by atoms with E-state index in [9.17, 15) is 9.90 Å². The van der Waals surface area contributed by atoms with Gasteiger partial charge >= 0.3 is 5.97 Å². The van der Waals surface area contributed by atoms with E-state index in [-0.39, 0.29) is 12.5 Å². The fourth-order valence-corrected chi connectivity index (χ4v) is 2.05. The maximum absolute atomic E-state index is 11.3. The van der Waals surface area contributed by atoms with Crippen molar-refractivity contribution in [2.24, 2.45) is 23.0 Å². The van der Waals surface area contributed by atoms with E-state index in [0.29, 0.717) is 25.6 Å². The van der Waals surface area contributed by atoms with E-state index in [0.717, 1.165) is 12.8 Å². The first-order valence-corrected chi connectivity index (χ1v) is 6.04. The van der Waals surface area contributed by atoms with E-state index in [2.05, 4.69) is 13.8 Å². The molecule has 0 amide bonds. The summed E-state index contributed by atoms with van der Waals surface area (Å²) in [4.78, 5) is 11.3. The zero-order chi connectivity index (χ0) is 12.2. The van der Waals surface area contributed by atoms with Gasteiger partial charge < -0.3 is 15.6 Å². The van der Waals surface area contributed by atoms with Crippen molar-refractivity contribution < 1.29 is 14.6 Å². The summed E-state index contributed by atoms with van der Waals surface area (Å²) >= 11 is 0. The Morgan fingerprint density at radius 3 is 2.56 bits per heavy atom. The molecular weight excluding hydrogens is 206 g/mol. The van der Waals surface area contributed by atoms with Crippen molar-refractivity contribution in [3.8, 4) is 0 Å². The van der Waals surface area contributed by atoms with Gasteiger partial charge in [-0.05, 0) is 31.1 Å². The fourth-order valence-electron chi connectivity index (χ4n) is 2.05. The highest BCUT2D eigenvalue weighted by molar-refractivity contribution is 5.76. The molecule has 4 nitrogen and oxygen atoms in total. The van der Waals surface area contributed by atoms with Gasteiger partial charge in [-0.3, -0.25) is 4.79 Å². The first-order chi connectivity index (χ1) is 7.53. The monoisotopic (exact) mass is 229 g/mol. The Labute approximate surface area is 97.2 Å². The number of carbonyl (C=O) groups is 1. The highest BCUT2D eigenvalue weighted by atomic mass is 16.5. The van der Waals surface area contributed by atoms with Gasteiger partial charge in [0.1, 0.15) is 0 Å². The molecule has 4 heteroatoms. The Balaban J connectivity index is 2.41. The molecule has 1 unspecified atom stereocenters. The van der Waals surface area contributed by atoms with Crippen molar-refractivity contribution >= 4 is 5.97 Å². The molecule has 0 bridgehead atoms. The minimum atomic E-state index is -0.759. The molecule has 0 heterocycles. The molecule has 0 aromatic rings. The number of hydrogen-bond donors (Lipinski definition) is 2. The van der Waals surface area contributed by atoms with E-state index in [1.807, 2.05) is 0 Å². The lowest BCUT2D eigenvalue weighted by molar-refractivity contribution is -0.151. The zero-order valence-corrected chi connectivity index (χ0v) is 10.2. The maximum Gasteiger partial charge on any atom is 0.311 e. The molecule has 0 aromatic carbocycles. The summed E-state index contributed by atoms with van der Waals surface area (Å²) in [7, 11) is 0. The summed E-state index contributed by atoms with van der Waals surface area (Å²) in [6.45, 7) is 5.56. The quantitative estimate of drug-likeness (QED) is 0.618. The van der Waals surface area contributed by atoms with Crippen LogP contribution in [0.2, 0.25) is 0 Å². The normalized spacial score (nSPS) is 19.8.